The zero-order valence-corrected chi connectivity index (χ0v) is 22.8. The maximum Gasteiger partial charge on any atom is 0.272 e. The molecule has 0 bridgehead atoms. The first kappa shape index (κ1) is 30.1. The Bertz CT molecular complexity index is 1640. The minimum absolute atomic E-state index is 0.0119. The van der Waals surface area contributed by atoms with E-state index in [1.165, 1.54) is 0 Å². The van der Waals surface area contributed by atoms with E-state index in [4.69, 9.17) is 0 Å². The van der Waals surface area contributed by atoms with Crippen LogP contribution < -0.4 is 16.0 Å². The van der Waals surface area contributed by atoms with Gasteiger partial charge in [0.05, 0.1) is 5.75 Å². The number of aryl methyl sites for hydroxylation is 1. The van der Waals surface area contributed by atoms with Crippen molar-refractivity contribution >= 4 is 46.9 Å². The van der Waals surface area contributed by atoms with Crippen molar-refractivity contribution < 1.29 is 31.9 Å². The lowest BCUT2D eigenvalue weighted by atomic mass is 10.1. The molecule has 6 nitrogen and oxygen atoms in total. The third-order valence-corrected chi connectivity index (χ3v) is 6.75. The van der Waals surface area contributed by atoms with Crippen molar-refractivity contribution in [1.29, 1.82) is 0 Å². The van der Waals surface area contributed by atoms with E-state index in [9.17, 15) is 31.9 Å². The van der Waals surface area contributed by atoms with Crippen LogP contribution in [0.1, 0.15) is 21.5 Å². The van der Waals surface area contributed by atoms with E-state index in [-0.39, 0.29) is 17.5 Å². The number of anilines is 2. The molecule has 0 aromatic heterocycles. The van der Waals surface area contributed by atoms with Gasteiger partial charge >= 0.3 is 0 Å². The number of carbonyl (C=O) groups excluding carboxylic acids is 3. The molecule has 0 radical (unpaired) electrons. The van der Waals surface area contributed by atoms with Crippen LogP contribution in [0.15, 0.2) is 95.5 Å². The van der Waals surface area contributed by atoms with Crippen LogP contribution in [0, 0.1) is 30.2 Å². The van der Waals surface area contributed by atoms with Gasteiger partial charge in [-0.05, 0) is 55.0 Å². The van der Waals surface area contributed by atoms with Crippen LogP contribution in [0.2, 0.25) is 0 Å². The largest absolute Gasteiger partial charge is 0.321 e. The highest BCUT2D eigenvalue weighted by Gasteiger charge is 2.21. The SMILES string of the molecule is Cc1cccc(/C=C(\NC(=O)c2ccccc2)C(=O)Nc2ccc(SCC(=O)Nc3c(F)c(F)cc(F)c3F)cc2)c1. The number of hydrogen-bond acceptors (Lipinski definition) is 4. The lowest BCUT2D eigenvalue weighted by Gasteiger charge is -2.12. The van der Waals surface area contributed by atoms with Gasteiger partial charge < -0.3 is 16.0 Å². The maximum absolute atomic E-state index is 13.8. The predicted molar refractivity (Wildman–Crippen MR) is 154 cm³/mol. The minimum atomic E-state index is -1.71. The van der Waals surface area contributed by atoms with Gasteiger partial charge in [0.25, 0.3) is 11.8 Å². The Hall–Kier alpha value is -4.90. The molecule has 11 heteroatoms. The third-order valence-electron chi connectivity index (χ3n) is 5.74. The van der Waals surface area contributed by atoms with Crippen LogP contribution in [0.25, 0.3) is 6.08 Å². The normalized spacial score (nSPS) is 11.1. The van der Waals surface area contributed by atoms with Gasteiger partial charge in [0.15, 0.2) is 23.3 Å². The number of benzene rings is 4. The second-order valence-electron chi connectivity index (χ2n) is 8.95. The highest BCUT2D eigenvalue weighted by Crippen LogP contribution is 2.26. The molecule has 3 amide bonds. The van der Waals surface area contributed by atoms with Crippen molar-refractivity contribution in [2.24, 2.45) is 0 Å². The van der Waals surface area contributed by atoms with Gasteiger partial charge in [0, 0.05) is 22.2 Å². The fraction of sp³-hybridized carbons (Fsp3) is 0.0645. The average Bonchev–Trinajstić information content (AvgIpc) is 2.98. The van der Waals surface area contributed by atoms with Crippen molar-refractivity contribution in [2.45, 2.75) is 11.8 Å². The van der Waals surface area contributed by atoms with Crippen molar-refractivity contribution in [2.75, 3.05) is 16.4 Å². The van der Waals surface area contributed by atoms with Crippen LogP contribution in [0.4, 0.5) is 28.9 Å². The minimum Gasteiger partial charge on any atom is -0.321 e. The van der Waals surface area contributed by atoms with Crippen LogP contribution in [0.3, 0.4) is 0 Å². The topological polar surface area (TPSA) is 87.3 Å². The van der Waals surface area contributed by atoms with Gasteiger partial charge in [-0.2, -0.15) is 0 Å². The zero-order valence-electron chi connectivity index (χ0n) is 22.0. The third kappa shape index (κ3) is 7.85. The Kier molecular flexibility index (Phi) is 9.77. The summed E-state index contributed by atoms with van der Waals surface area (Å²) in [7, 11) is 0. The molecule has 4 aromatic carbocycles. The van der Waals surface area contributed by atoms with Gasteiger partial charge in [0.2, 0.25) is 5.91 Å². The van der Waals surface area contributed by atoms with E-state index in [2.05, 4.69) is 10.6 Å². The van der Waals surface area contributed by atoms with E-state index in [0.717, 1.165) is 17.3 Å². The summed E-state index contributed by atoms with van der Waals surface area (Å²) >= 11 is 0.985. The fourth-order valence-electron chi connectivity index (χ4n) is 3.71. The first-order valence-corrected chi connectivity index (χ1v) is 13.4. The fourth-order valence-corrected chi connectivity index (χ4v) is 4.41. The number of thioether (sulfide) groups is 1. The summed E-state index contributed by atoms with van der Waals surface area (Å²) < 4.78 is 54.4. The number of hydrogen-bond donors (Lipinski definition) is 3. The number of carbonyl (C=O) groups is 3. The smallest absolute Gasteiger partial charge is 0.272 e. The van der Waals surface area contributed by atoms with Crippen molar-refractivity contribution in [3.05, 3.63) is 131 Å². The highest BCUT2D eigenvalue weighted by molar-refractivity contribution is 8.00. The summed E-state index contributed by atoms with van der Waals surface area (Å²) in [6.45, 7) is 1.90. The summed E-state index contributed by atoms with van der Waals surface area (Å²) in [5.41, 5.74) is 1.25. The zero-order chi connectivity index (χ0) is 30.2. The quantitative estimate of drug-likeness (QED) is 0.0874. The summed E-state index contributed by atoms with van der Waals surface area (Å²) in [6.07, 6.45) is 1.56. The second kappa shape index (κ2) is 13.6. The van der Waals surface area contributed by atoms with Crippen molar-refractivity contribution in [3.63, 3.8) is 0 Å². The molecule has 0 saturated heterocycles. The Morgan fingerprint density at radius 2 is 1.45 bits per heavy atom. The average molecular weight is 594 g/mol. The Morgan fingerprint density at radius 1 is 0.786 bits per heavy atom. The first-order chi connectivity index (χ1) is 20.1. The number of halogens is 4. The first-order valence-electron chi connectivity index (χ1n) is 12.4. The van der Waals surface area contributed by atoms with E-state index in [0.29, 0.717) is 21.7 Å². The molecule has 3 N–H and O–H groups in total. The second-order valence-corrected chi connectivity index (χ2v) is 10.00. The molecule has 0 aliphatic heterocycles. The molecule has 0 saturated carbocycles. The number of rotatable bonds is 9. The molecule has 0 spiro atoms. The Balaban J connectivity index is 1.41. The summed E-state index contributed by atoms with van der Waals surface area (Å²) in [5.74, 6) is -8.93. The summed E-state index contributed by atoms with van der Waals surface area (Å²) in [5, 5.41) is 7.22. The molecule has 4 aromatic rings. The molecule has 214 valence electrons. The monoisotopic (exact) mass is 593 g/mol. The van der Waals surface area contributed by atoms with Gasteiger partial charge in [-0.25, -0.2) is 17.6 Å². The van der Waals surface area contributed by atoms with Crippen LogP contribution in [-0.4, -0.2) is 23.5 Å². The lowest BCUT2D eigenvalue weighted by molar-refractivity contribution is -0.114. The van der Waals surface area contributed by atoms with Crippen molar-refractivity contribution in [3.8, 4) is 0 Å². The Labute approximate surface area is 242 Å². The molecular weight excluding hydrogens is 570 g/mol. The van der Waals surface area contributed by atoms with Crippen LogP contribution in [0.5, 0.6) is 0 Å². The van der Waals surface area contributed by atoms with E-state index in [1.807, 2.05) is 30.4 Å². The van der Waals surface area contributed by atoms with Crippen molar-refractivity contribution in [1.82, 2.24) is 5.32 Å². The van der Waals surface area contributed by atoms with E-state index >= 15 is 0 Å². The summed E-state index contributed by atoms with van der Waals surface area (Å²) in [4.78, 5) is 38.7. The number of nitrogens with one attached hydrogen (secondary N) is 3. The Morgan fingerprint density at radius 3 is 2.10 bits per heavy atom. The van der Waals surface area contributed by atoms with Gasteiger partial charge in [-0.1, -0.05) is 48.0 Å². The molecule has 0 unspecified atom stereocenters. The maximum atomic E-state index is 13.8. The molecule has 42 heavy (non-hydrogen) atoms. The van der Waals surface area contributed by atoms with Crippen LogP contribution in [-0.2, 0) is 9.59 Å². The standard InChI is InChI=1S/C31H23F4N3O3S/c1-18-6-5-7-19(14-18)15-25(37-30(40)20-8-3-2-4-9-20)31(41)36-21-10-12-22(13-11-21)42-17-26(39)38-29-27(34)23(32)16-24(33)28(29)35/h2-16H,17H2,1H3,(H,36,41)(H,37,40)(H,38,39)/b25-15-. The highest BCUT2D eigenvalue weighted by atomic mass is 32.2. The summed E-state index contributed by atoms with van der Waals surface area (Å²) in [6, 6.07) is 22.2. The number of amides is 3. The molecule has 0 aliphatic carbocycles. The molecule has 0 aliphatic rings. The van der Waals surface area contributed by atoms with E-state index < -0.39 is 46.7 Å². The van der Waals surface area contributed by atoms with E-state index in [1.54, 1.807) is 66.7 Å². The lowest BCUT2D eigenvalue weighted by Crippen LogP contribution is -2.30. The molecular formula is C31H23F4N3O3S. The molecule has 0 heterocycles. The van der Waals surface area contributed by atoms with Gasteiger partial charge in [-0.3, -0.25) is 14.4 Å². The molecule has 0 atom stereocenters. The predicted octanol–water partition coefficient (Wildman–Crippen LogP) is 6.69. The van der Waals surface area contributed by atoms with Gasteiger partial charge in [0.1, 0.15) is 11.4 Å². The van der Waals surface area contributed by atoms with Gasteiger partial charge in [-0.15, -0.1) is 11.8 Å². The molecule has 0 fully saturated rings. The molecule has 4 rings (SSSR count). The van der Waals surface area contributed by atoms with Crippen LogP contribution >= 0.6 is 11.8 Å².